The molecule has 0 aliphatic rings. The molecule has 1 atom stereocenters. The van der Waals surface area contributed by atoms with Gasteiger partial charge in [-0.25, -0.2) is 0 Å². The summed E-state index contributed by atoms with van der Waals surface area (Å²) in [6.45, 7) is 14.3. The first-order chi connectivity index (χ1) is 14.0. The summed E-state index contributed by atoms with van der Waals surface area (Å²) in [4.78, 5) is 28.3. The van der Waals surface area contributed by atoms with E-state index in [1.807, 2.05) is 78.8 Å². The number of rotatable bonds is 7. The summed E-state index contributed by atoms with van der Waals surface area (Å²) in [6, 6.07) is 13.8. The molecule has 0 saturated carbocycles. The molecule has 0 aromatic heterocycles. The van der Waals surface area contributed by atoms with E-state index in [-0.39, 0.29) is 17.4 Å². The van der Waals surface area contributed by atoms with Gasteiger partial charge in [-0.2, -0.15) is 0 Å². The molecule has 0 fully saturated rings. The number of carbonyl (C=O) groups is 2. The summed E-state index contributed by atoms with van der Waals surface area (Å²) in [6.07, 6.45) is 0.852. The molecule has 0 spiro atoms. The lowest BCUT2D eigenvalue weighted by Crippen LogP contribution is -2.53. The molecule has 0 heterocycles. The maximum Gasteiger partial charge on any atom is 0.243 e. The highest BCUT2D eigenvalue weighted by Gasteiger charge is 2.30. The van der Waals surface area contributed by atoms with Crippen LogP contribution >= 0.6 is 0 Å². The Labute approximate surface area is 181 Å². The van der Waals surface area contributed by atoms with Gasteiger partial charge in [0.1, 0.15) is 6.04 Å². The molecule has 162 valence electrons. The third-order valence-corrected chi connectivity index (χ3v) is 5.20. The Kier molecular flexibility index (Phi) is 7.83. The zero-order valence-corrected chi connectivity index (χ0v) is 19.5. The lowest BCUT2D eigenvalue weighted by atomic mass is 10.0. The Morgan fingerprint density at radius 3 is 2.13 bits per heavy atom. The molecule has 30 heavy (non-hydrogen) atoms. The topological polar surface area (TPSA) is 49.4 Å². The maximum absolute atomic E-state index is 13.5. The smallest absolute Gasteiger partial charge is 0.243 e. The van der Waals surface area contributed by atoms with E-state index < -0.39 is 6.04 Å². The van der Waals surface area contributed by atoms with Crippen molar-refractivity contribution in [2.45, 2.75) is 79.4 Å². The molecule has 4 nitrogen and oxygen atoms in total. The number of aryl methyl sites for hydroxylation is 3. The molecular formula is C26H36N2O2. The zero-order valence-electron chi connectivity index (χ0n) is 19.5. The van der Waals surface area contributed by atoms with Gasteiger partial charge in [0.15, 0.2) is 0 Å². The monoisotopic (exact) mass is 408 g/mol. The largest absolute Gasteiger partial charge is 0.350 e. The highest BCUT2D eigenvalue weighted by molar-refractivity contribution is 5.89. The van der Waals surface area contributed by atoms with Crippen molar-refractivity contribution < 1.29 is 9.59 Å². The Morgan fingerprint density at radius 2 is 1.57 bits per heavy atom. The van der Waals surface area contributed by atoms with Crippen molar-refractivity contribution >= 4 is 11.8 Å². The van der Waals surface area contributed by atoms with Crippen LogP contribution in [0.1, 0.15) is 61.9 Å². The first-order valence-corrected chi connectivity index (χ1v) is 10.7. The van der Waals surface area contributed by atoms with Gasteiger partial charge in [-0.05, 0) is 64.7 Å². The fraction of sp³-hybridized carbons (Fsp3) is 0.462. The van der Waals surface area contributed by atoms with E-state index in [1.165, 1.54) is 5.56 Å². The molecule has 0 unspecified atom stereocenters. The van der Waals surface area contributed by atoms with Crippen LogP contribution < -0.4 is 5.32 Å². The summed E-state index contributed by atoms with van der Waals surface area (Å²) in [5, 5.41) is 3.05. The molecule has 2 aromatic rings. The van der Waals surface area contributed by atoms with E-state index in [9.17, 15) is 9.59 Å². The molecule has 1 N–H and O–H groups in total. The summed E-state index contributed by atoms with van der Waals surface area (Å²) >= 11 is 0. The minimum absolute atomic E-state index is 0.0276. The number of hydrogen-bond donors (Lipinski definition) is 1. The molecule has 0 aliphatic carbocycles. The van der Waals surface area contributed by atoms with Crippen LogP contribution in [0.4, 0.5) is 0 Å². The van der Waals surface area contributed by atoms with Crippen molar-refractivity contribution in [1.82, 2.24) is 10.2 Å². The number of nitrogens with one attached hydrogen (secondary N) is 1. The van der Waals surface area contributed by atoms with Crippen LogP contribution in [0.5, 0.6) is 0 Å². The third-order valence-electron chi connectivity index (χ3n) is 5.20. The van der Waals surface area contributed by atoms with Crippen molar-refractivity contribution in [1.29, 1.82) is 0 Å². The minimum Gasteiger partial charge on any atom is -0.350 e. The van der Waals surface area contributed by atoms with Gasteiger partial charge in [-0.3, -0.25) is 9.59 Å². The van der Waals surface area contributed by atoms with Crippen molar-refractivity contribution in [2.24, 2.45) is 0 Å². The predicted molar refractivity (Wildman–Crippen MR) is 123 cm³/mol. The van der Waals surface area contributed by atoms with Crippen LogP contribution in [0.3, 0.4) is 0 Å². The Balaban J connectivity index is 2.35. The van der Waals surface area contributed by atoms with Gasteiger partial charge in [0.05, 0.1) is 6.42 Å². The van der Waals surface area contributed by atoms with E-state index in [2.05, 4.69) is 17.4 Å². The van der Waals surface area contributed by atoms with Crippen molar-refractivity contribution in [3.05, 3.63) is 70.3 Å². The molecule has 2 aromatic carbocycles. The third kappa shape index (κ3) is 6.72. The molecular weight excluding hydrogens is 372 g/mol. The van der Waals surface area contributed by atoms with Crippen molar-refractivity contribution in [2.75, 3.05) is 0 Å². The van der Waals surface area contributed by atoms with Crippen LogP contribution in [-0.4, -0.2) is 28.3 Å². The van der Waals surface area contributed by atoms with Gasteiger partial charge in [0.25, 0.3) is 0 Å². The van der Waals surface area contributed by atoms with Crippen LogP contribution in [0.2, 0.25) is 0 Å². The number of amides is 2. The van der Waals surface area contributed by atoms with Gasteiger partial charge >= 0.3 is 0 Å². The first kappa shape index (κ1) is 23.7. The Morgan fingerprint density at radius 1 is 0.967 bits per heavy atom. The molecule has 2 amide bonds. The van der Waals surface area contributed by atoms with E-state index in [1.54, 1.807) is 4.90 Å². The highest BCUT2D eigenvalue weighted by atomic mass is 16.2. The normalized spacial score (nSPS) is 12.4. The number of nitrogens with zero attached hydrogens (tertiary/aromatic N) is 1. The predicted octanol–water partition coefficient (Wildman–Crippen LogP) is 4.88. The second kappa shape index (κ2) is 9.92. The van der Waals surface area contributed by atoms with E-state index in [4.69, 9.17) is 0 Å². The fourth-order valence-corrected chi connectivity index (χ4v) is 3.52. The minimum atomic E-state index is -0.511. The average Bonchev–Trinajstić information content (AvgIpc) is 2.64. The van der Waals surface area contributed by atoms with Gasteiger partial charge in [-0.1, -0.05) is 60.5 Å². The van der Waals surface area contributed by atoms with Gasteiger partial charge < -0.3 is 10.2 Å². The summed E-state index contributed by atoms with van der Waals surface area (Å²) in [7, 11) is 0. The van der Waals surface area contributed by atoms with E-state index >= 15 is 0 Å². The Hall–Kier alpha value is -2.62. The molecule has 2 rings (SSSR count). The van der Waals surface area contributed by atoms with Gasteiger partial charge in [0.2, 0.25) is 11.8 Å². The van der Waals surface area contributed by atoms with Crippen LogP contribution in [-0.2, 0) is 22.6 Å². The van der Waals surface area contributed by atoms with E-state index in [0.29, 0.717) is 19.4 Å². The average molecular weight is 409 g/mol. The molecule has 4 heteroatoms. The van der Waals surface area contributed by atoms with Crippen LogP contribution in [0.25, 0.3) is 0 Å². The lowest BCUT2D eigenvalue weighted by molar-refractivity contribution is -0.141. The molecule has 0 radical (unpaired) electrons. The summed E-state index contributed by atoms with van der Waals surface area (Å²) in [5.74, 6) is -0.133. The van der Waals surface area contributed by atoms with E-state index in [0.717, 1.165) is 22.3 Å². The molecule has 0 bridgehead atoms. The number of hydrogen-bond acceptors (Lipinski definition) is 2. The Bertz CT molecular complexity index is 879. The van der Waals surface area contributed by atoms with Crippen LogP contribution in [0.15, 0.2) is 42.5 Å². The zero-order chi connectivity index (χ0) is 22.5. The second-order valence-corrected chi connectivity index (χ2v) is 9.28. The number of benzene rings is 2. The molecule has 0 saturated heterocycles. The lowest BCUT2D eigenvalue weighted by Gasteiger charge is -2.33. The first-order valence-electron chi connectivity index (χ1n) is 10.7. The summed E-state index contributed by atoms with van der Waals surface area (Å²) < 4.78 is 0. The van der Waals surface area contributed by atoms with Crippen LogP contribution in [0, 0.1) is 20.8 Å². The standard InChI is InChI=1S/C26H36N2O2/c1-8-23(25(30)27-26(5,6)7)28(17-21-13-10-18(2)11-14-21)24(29)16-22-15-19(3)9-12-20(22)4/h9-15,23H,8,16-17H2,1-7H3,(H,27,30)/t23-/m1/s1. The molecule has 0 aliphatic heterocycles. The SMILES string of the molecule is CC[C@H](C(=O)NC(C)(C)C)N(Cc1ccc(C)cc1)C(=O)Cc1cc(C)ccc1C. The second-order valence-electron chi connectivity index (χ2n) is 9.28. The maximum atomic E-state index is 13.5. The van der Waals surface area contributed by atoms with Crippen molar-refractivity contribution in [3.8, 4) is 0 Å². The highest BCUT2D eigenvalue weighted by Crippen LogP contribution is 2.18. The van der Waals surface area contributed by atoms with Gasteiger partial charge in [0, 0.05) is 12.1 Å². The fourth-order valence-electron chi connectivity index (χ4n) is 3.52. The van der Waals surface area contributed by atoms with Crippen molar-refractivity contribution in [3.63, 3.8) is 0 Å². The quantitative estimate of drug-likeness (QED) is 0.710. The summed E-state index contributed by atoms with van der Waals surface area (Å²) in [5.41, 5.74) is 5.08. The van der Waals surface area contributed by atoms with Gasteiger partial charge in [-0.15, -0.1) is 0 Å². The number of carbonyl (C=O) groups excluding carboxylic acids is 2.